The summed E-state index contributed by atoms with van der Waals surface area (Å²) in [5, 5.41) is 25.0. The molecular formula is C14H14N4O6. The number of rotatable bonds is 7. The molecule has 0 unspecified atom stereocenters. The second kappa shape index (κ2) is 7.13. The molecule has 0 aliphatic heterocycles. The summed E-state index contributed by atoms with van der Waals surface area (Å²) in [5.41, 5.74) is 5.16. The number of furan rings is 1. The van der Waals surface area contributed by atoms with Gasteiger partial charge in [-0.15, -0.1) is 0 Å². The van der Waals surface area contributed by atoms with Crippen molar-refractivity contribution in [2.75, 3.05) is 18.4 Å². The van der Waals surface area contributed by atoms with Gasteiger partial charge in [0, 0.05) is 24.5 Å². The number of benzene rings is 1. The molecule has 0 spiro atoms. The van der Waals surface area contributed by atoms with E-state index in [4.69, 9.17) is 15.3 Å². The van der Waals surface area contributed by atoms with Crippen molar-refractivity contribution >= 4 is 34.3 Å². The largest absolute Gasteiger partial charge is 0.465 e. The molecule has 0 aliphatic carbocycles. The Hall–Kier alpha value is -3.56. The molecule has 126 valence electrons. The van der Waals surface area contributed by atoms with Gasteiger partial charge >= 0.3 is 6.09 Å². The van der Waals surface area contributed by atoms with Gasteiger partial charge in [0.15, 0.2) is 11.3 Å². The summed E-state index contributed by atoms with van der Waals surface area (Å²) in [6.07, 6.45) is 3.29. The van der Waals surface area contributed by atoms with Crippen LogP contribution in [0.25, 0.3) is 11.0 Å². The third-order valence-electron chi connectivity index (χ3n) is 3.12. The lowest BCUT2D eigenvalue weighted by atomic mass is 10.1. The Morgan fingerprint density at radius 2 is 2.08 bits per heavy atom. The van der Waals surface area contributed by atoms with Crippen molar-refractivity contribution < 1.29 is 24.0 Å². The number of carbonyl (C=O) groups is 2. The predicted molar refractivity (Wildman–Crippen MR) is 85.0 cm³/mol. The number of amides is 2. The predicted octanol–water partition coefficient (Wildman–Crippen LogP) is 1.68. The highest BCUT2D eigenvalue weighted by molar-refractivity contribution is 6.10. The molecule has 1 heterocycles. The molecule has 10 nitrogen and oxygen atoms in total. The minimum atomic E-state index is -1.15. The number of nitro groups is 1. The number of hydrogen-bond acceptors (Lipinski definition) is 6. The van der Waals surface area contributed by atoms with Crippen LogP contribution in [0.5, 0.6) is 0 Å². The maximum atomic E-state index is 11.5. The van der Waals surface area contributed by atoms with Gasteiger partial charge in [-0.1, -0.05) is 12.2 Å². The molecule has 2 aromatic rings. The zero-order valence-corrected chi connectivity index (χ0v) is 12.3. The van der Waals surface area contributed by atoms with E-state index in [2.05, 4.69) is 10.6 Å². The maximum absolute atomic E-state index is 11.5. The molecule has 0 fully saturated rings. The fourth-order valence-corrected chi connectivity index (χ4v) is 2.11. The van der Waals surface area contributed by atoms with Crippen LogP contribution in [0.1, 0.15) is 10.4 Å². The first-order valence-corrected chi connectivity index (χ1v) is 6.76. The van der Waals surface area contributed by atoms with Crippen molar-refractivity contribution in [2.24, 2.45) is 5.73 Å². The Morgan fingerprint density at radius 1 is 1.38 bits per heavy atom. The topological polar surface area (TPSA) is 161 Å². The minimum Gasteiger partial charge on any atom is -0.465 e. The molecule has 0 atom stereocenters. The van der Waals surface area contributed by atoms with Gasteiger partial charge in [-0.05, 0) is 6.07 Å². The SMILES string of the molecule is NC(=O)c1cc([N+](=O)[O-])c(NCC=CCNC(=O)O)c2occc12. The Labute approximate surface area is 135 Å². The van der Waals surface area contributed by atoms with E-state index in [1.54, 1.807) is 12.2 Å². The first-order chi connectivity index (χ1) is 11.4. The zero-order chi connectivity index (χ0) is 17.7. The molecular weight excluding hydrogens is 320 g/mol. The Kier molecular flexibility index (Phi) is 5.00. The van der Waals surface area contributed by atoms with Gasteiger partial charge < -0.3 is 25.9 Å². The molecule has 5 N–H and O–H groups in total. The van der Waals surface area contributed by atoms with Crippen LogP contribution >= 0.6 is 0 Å². The fourth-order valence-electron chi connectivity index (χ4n) is 2.11. The summed E-state index contributed by atoms with van der Waals surface area (Å²) in [6.45, 7) is 0.295. The lowest BCUT2D eigenvalue weighted by Crippen LogP contribution is -2.20. The number of carboxylic acid groups (broad SMARTS) is 1. The molecule has 2 rings (SSSR count). The smallest absolute Gasteiger partial charge is 0.404 e. The van der Waals surface area contributed by atoms with Crippen molar-refractivity contribution in [2.45, 2.75) is 0 Å². The van der Waals surface area contributed by atoms with E-state index in [0.29, 0.717) is 5.39 Å². The number of nitrogens with one attached hydrogen (secondary N) is 2. The number of nitrogens with zero attached hydrogens (tertiary/aromatic N) is 1. The molecule has 0 radical (unpaired) electrons. The molecule has 1 aromatic heterocycles. The van der Waals surface area contributed by atoms with Gasteiger partial charge in [0.1, 0.15) is 0 Å². The van der Waals surface area contributed by atoms with Gasteiger partial charge in [-0.3, -0.25) is 14.9 Å². The molecule has 1 aromatic carbocycles. The molecule has 0 saturated carbocycles. The van der Waals surface area contributed by atoms with E-state index in [-0.39, 0.29) is 35.6 Å². The van der Waals surface area contributed by atoms with Gasteiger partial charge in [0.25, 0.3) is 5.69 Å². The number of nitro benzene ring substituents is 1. The van der Waals surface area contributed by atoms with Gasteiger partial charge in [-0.25, -0.2) is 4.79 Å². The average Bonchev–Trinajstić information content (AvgIpc) is 2.98. The Morgan fingerprint density at radius 3 is 2.71 bits per heavy atom. The normalized spacial score (nSPS) is 10.8. The van der Waals surface area contributed by atoms with Crippen molar-refractivity contribution in [3.63, 3.8) is 0 Å². The average molecular weight is 334 g/mol. The van der Waals surface area contributed by atoms with Crippen LogP contribution in [-0.2, 0) is 0 Å². The summed E-state index contributed by atoms with van der Waals surface area (Å²) < 4.78 is 5.25. The summed E-state index contributed by atoms with van der Waals surface area (Å²) in [5.74, 6) is -0.796. The summed E-state index contributed by atoms with van der Waals surface area (Å²) in [7, 11) is 0. The molecule has 0 bridgehead atoms. The minimum absolute atomic E-state index is 0.00259. The number of carbonyl (C=O) groups excluding carboxylic acids is 1. The second-order valence-corrected chi connectivity index (χ2v) is 4.64. The molecule has 24 heavy (non-hydrogen) atoms. The quantitative estimate of drug-likeness (QED) is 0.340. The van der Waals surface area contributed by atoms with Crippen LogP contribution in [-0.4, -0.2) is 35.1 Å². The number of anilines is 1. The van der Waals surface area contributed by atoms with Gasteiger partial charge in [0.05, 0.1) is 16.7 Å². The third-order valence-corrected chi connectivity index (χ3v) is 3.12. The Balaban J connectivity index is 2.28. The monoisotopic (exact) mass is 334 g/mol. The molecule has 0 saturated heterocycles. The van der Waals surface area contributed by atoms with Crippen LogP contribution < -0.4 is 16.4 Å². The molecule has 2 amide bonds. The van der Waals surface area contributed by atoms with Gasteiger partial charge in [-0.2, -0.15) is 0 Å². The van der Waals surface area contributed by atoms with Crippen molar-refractivity contribution in [1.82, 2.24) is 5.32 Å². The summed E-state index contributed by atoms with van der Waals surface area (Å²) >= 11 is 0. The van der Waals surface area contributed by atoms with E-state index in [0.717, 1.165) is 6.07 Å². The first kappa shape index (κ1) is 16.8. The van der Waals surface area contributed by atoms with E-state index < -0.39 is 16.9 Å². The van der Waals surface area contributed by atoms with Crippen LogP contribution in [0.3, 0.4) is 0 Å². The summed E-state index contributed by atoms with van der Waals surface area (Å²) in [4.78, 5) is 32.4. The van der Waals surface area contributed by atoms with Crippen molar-refractivity contribution in [1.29, 1.82) is 0 Å². The zero-order valence-electron chi connectivity index (χ0n) is 12.3. The lowest BCUT2D eigenvalue weighted by Gasteiger charge is -2.08. The highest BCUT2D eigenvalue weighted by Gasteiger charge is 2.24. The number of primary amides is 1. The van der Waals surface area contributed by atoms with E-state index in [1.165, 1.54) is 12.3 Å². The van der Waals surface area contributed by atoms with Crippen LogP contribution in [0.15, 0.2) is 35.0 Å². The van der Waals surface area contributed by atoms with Crippen LogP contribution in [0.4, 0.5) is 16.2 Å². The highest BCUT2D eigenvalue weighted by atomic mass is 16.6. The first-order valence-electron chi connectivity index (χ1n) is 6.76. The number of hydrogen-bond donors (Lipinski definition) is 4. The van der Waals surface area contributed by atoms with E-state index >= 15 is 0 Å². The Bertz CT molecular complexity index is 826. The van der Waals surface area contributed by atoms with E-state index in [9.17, 15) is 19.7 Å². The lowest BCUT2D eigenvalue weighted by molar-refractivity contribution is -0.383. The highest BCUT2D eigenvalue weighted by Crippen LogP contribution is 2.36. The van der Waals surface area contributed by atoms with Crippen molar-refractivity contribution in [3.8, 4) is 0 Å². The number of fused-ring (bicyclic) bond motifs is 1. The van der Waals surface area contributed by atoms with E-state index in [1.807, 2.05) is 0 Å². The fraction of sp³-hybridized carbons (Fsp3) is 0.143. The second-order valence-electron chi connectivity index (χ2n) is 4.64. The van der Waals surface area contributed by atoms with Gasteiger partial charge in [0.2, 0.25) is 5.91 Å². The van der Waals surface area contributed by atoms with Crippen LogP contribution in [0, 0.1) is 10.1 Å². The standard InChI is InChI=1S/C14H14N4O6/c15-13(19)9-7-10(18(22)23)11(12-8(9)3-6-24-12)16-4-1-2-5-17-14(20)21/h1-3,6-7,16-17H,4-5H2,(H2,15,19)(H,20,21). The third kappa shape index (κ3) is 3.61. The van der Waals surface area contributed by atoms with Crippen LogP contribution in [0.2, 0.25) is 0 Å². The number of nitrogens with two attached hydrogens (primary N) is 1. The summed E-state index contributed by atoms with van der Waals surface area (Å²) in [6, 6.07) is 2.59. The van der Waals surface area contributed by atoms with Crippen molar-refractivity contribution in [3.05, 3.63) is 46.2 Å². The molecule has 10 heteroatoms. The molecule has 0 aliphatic rings. The maximum Gasteiger partial charge on any atom is 0.404 e.